The van der Waals surface area contributed by atoms with Crippen LogP contribution in [-0.2, 0) is 14.3 Å². The standard InChI is InChI=1S/C15H17FN2O4/c1-9-5-10(16)7-11(6-9)17-13-12(15(21)22-2)8-18(3-4-19)14(13)20/h5-7,17,19H,3-4,8H2,1-2H3. The van der Waals surface area contributed by atoms with Gasteiger partial charge in [0.1, 0.15) is 11.5 Å². The Kier molecular flexibility index (Phi) is 4.77. The fourth-order valence-electron chi connectivity index (χ4n) is 2.30. The Morgan fingerprint density at radius 2 is 2.18 bits per heavy atom. The molecule has 2 N–H and O–H groups in total. The Bertz CT molecular complexity index is 622. The summed E-state index contributed by atoms with van der Waals surface area (Å²) in [5.41, 5.74) is 1.25. The van der Waals surface area contributed by atoms with E-state index in [4.69, 9.17) is 5.11 Å². The number of aliphatic hydroxyl groups is 1. The van der Waals surface area contributed by atoms with Crippen molar-refractivity contribution in [2.24, 2.45) is 0 Å². The number of carbonyl (C=O) groups excluding carboxylic acids is 2. The molecule has 2 rings (SSSR count). The molecule has 1 aliphatic heterocycles. The monoisotopic (exact) mass is 308 g/mol. The number of aryl methyl sites for hydroxylation is 1. The Morgan fingerprint density at radius 1 is 1.45 bits per heavy atom. The van der Waals surface area contributed by atoms with Gasteiger partial charge in [0.25, 0.3) is 5.91 Å². The van der Waals surface area contributed by atoms with E-state index in [2.05, 4.69) is 10.1 Å². The first-order chi connectivity index (χ1) is 10.5. The van der Waals surface area contributed by atoms with Crippen LogP contribution >= 0.6 is 0 Å². The first kappa shape index (κ1) is 16.0. The van der Waals surface area contributed by atoms with Gasteiger partial charge in [-0.3, -0.25) is 4.79 Å². The first-order valence-corrected chi connectivity index (χ1v) is 6.72. The van der Waals surface area contributed by atoms with E-state index < -0.39 is 17.7 Å². The molecule has 0 fully saturated rings. The lowest BCUT2D eigenvalue weighted by atomic mass is 10.2. The SMILES string of the molecule is COC(=O)C1=C(Nc2cc(C)cc(F)c2)C(=O)N(CCO)C1. The molecule has 1 aliphatic rings. The number of ether oxygens (including phenoxy) is 1. The molecular weight excluding hydrogens is 291 g/mol. The van der Waals surface area contributed by atoms with Crippen LogP contribution in [0, 0.1) is 12.7 Å². The molecule has 0 aliphatic carbocycles. The lowest BCUT2D eigenvalue weighted by Crippen LogP contribution is -2.31. The summed E-state index contributed by atoms with van der Waals surface area (Å²) in [6, 6.07) is 4.25. The highest BCUT2D eigenvalue weighted by Gasteiger charge is 2.34. The van der Waals surface area contributed by atoms with Gasteiger partial charge in [0.2, 0.25) is 0 Å². The first-order valence-electron chi connectivity index (χ1n) is 6.72. The van der Waals surface area contributed by atoms with Gasteiger partial charge in [0.15, 0.2) is 0 Å². The summed E-state index contributed by atoms with van der Waals surface area (Å²) in [6.07, 6.45) is 0. The number of anilines is 1. The quantitative estimate of drug-likeness (QED) is 0.787. The molecule has 0 aromatic heterocycles. The van der Waals surface area contributed by atoms with Crippen molar-refractivity contribution in [2.75, 3.05) is 32.1 Å². The third kappa shape index (κ3) is 3.25. The van der Waals surface area contributed by atoms with Crippen LogP contribution in [0.25, 0.3) is 0 Å². The van der Waals surface area contributed by atoms with Crippen LogP contribution in [0.15, 0.2) is 29.5 Å². The molecule has 0 radical (unpaired) electrons. The molecule has 1 aromatic carbocycles. The number of rotatable bonds is 5. The van der Waals surface area contributed by atoms with Crippen LogP contribution < -0.4 is 5.32 Å². The summed E-state index contributed by atoms with van der Waals surface area (Å²) in [6.45, 7) is 1.65. The van der Waals surface area contributed by atoms with Crippen molar-refractivity contribution >= 4 is 17.6 Å². The Balaban J connectivity index is 2.34. The summed E-state index contributed by atoms with van der Waals surface area (Å²) in [7, 11) is 1.22. The molecule has 0 spiro atoms. The zero-order chi connectivity index (χ0) is 16.3. The van der Waals surface area contributed by atoms with E-state index in [9.17, 15) is 14.0 Å². The molecule has 118 valence electrons. The van der Waals surface area contributed by atoms with Crippen LogP contribution in [0.2, 0.25) is 0 Å². The maximum Gasteiger partial charge on any atom is 0.337 e. The third-order valence-corrected chi connectivity index (χ3v) is 3.27. The zero-order valence-corrected chi connectivity index (χ0v) is 12.4. The van der Waals surface area contributed by atoms with Crippen LogP contribution in [0.3, 0.4) is 0 Å². The molecule has 6 nitrogen and oxygen atoms in total. The Morgan fingerprint density at radius 3 is 2.77 bits per heavy atom. The molecule has 22 heavy (non-hydrogen) atoms. The van der Waals surface area contributed by atoms with Gasteiger partial charge in [0.05, 0.1) is 25.8 Å². The van der Waals surface area contributed by atoms with E-state index in [0.29, 0.717) is 11.3 Å². The number of amides is 1. The number of nitrogens with one attached hydrogen (secondary N) is 1. The van der Waals surface area contributed by atoms with Gasteiger partial charge in [-0.15, -0.1) is 0 Å². The van der Waals surface area contributed by atoms with Crippen molar-refractivity contribution < 1.29 is 23.8 Å². The Labute approximate surface area is 127 Å². The number of carbonyl (C=O) groups is 2. The van der Waals surface area contributed by atoms with Crippen molar-refractivity contribution in [3.63, 3.8) is 0 Å². The molecule has 1 aromatic rings. The van der Waals surface area contributed by atoms with E-state index in [1.165, 1.54) is 24.1 Å². The lowest BCUT2D eigenvalue weighted by Gasteiger charge is -2.15. The fraction of sp³-hybridized carbons (Fsp3) is 0.333. The van der Waals surface area contributed by atoms with Crippen molar-refractivity contribution in [2.45, 2.75) is 6.92 Å². The second kappa shape index (κ2) is 6.57. The van der Waals surface area contributed by atoms with E-state index >= 15 is 0 Å². The molecular formula is C15H17FN2O4. The van der Waals surface area contributed by atoms with Crippen LogP contribution in [0.5, 0.6) is 0 Å². The predicted octanol–water partition coefficient (Wildman–Crippen LogP) is 0.808. The van der Waals surface area contributed by atoms with Gasteiger partial charge >= 0.3 is 5.97 Å². The van der Waals surface area contributed by atoms with Gasteiger partial charge in [-0.2, -0.15) is 0 Å². The molecule has 0 saturated carbocycles. The fourth-order valence-corrected chi connectivity index (χ4v) is 2.30. The molecule has 0 unspecified atom stereocenters. The van der Waals surface area contributed by atoms with E-state index in [0.717, 1.165) is 0 Å². The summed E-state index contributed by atoms with van der Waals surface area (Å²) in [4.78, 5) is 25.4. The van der Waals surface area contributed by atoms with Crippen molar-refractivity contribution in [3.8, 4) is 0 Å². The third-order valence-electron chi connectivity index (χ3n) is 3.27. The lowest BCUT2D eigenvalue weighted by molar-refractivity contribution is -0.136. The summed E-state index contributed by atoms with van der Waals surface area (Å²) in [5, 5.41) is 11.8. The second-order valence-corrected chi connectivity index (χ2v) is 4.94. The number of aliphatic hydroxyl groups excluding tert-OH is 1. The highest BCUT2D eigenvalue weighted by molar-refractivity contribution is 6.08. The number of benzene rings is 1. The van der Waals surface area contributed by atoms with Crippen molar-refractivity contribution in [1.29, 1.82) is 0 Å². The van der Waals surface area contributed by atoms with Crippen molar-refractivity contribution in [3.05, 3.63) is 40.8 Å². The normalized spacial score (nSPS) is 14.5. The summed E-state index contributed by atoms with van der Waals surface area (Å²) < 4.78 is 18.1. The highest BCUT2D eigenvalue weighted by atomic mass is 19.1. The largest absolute Gasteiger partial charge is 0.466 e. The van der Waals surface area contributed by atoms with Crippen molar-refractivity contribution in [1.82, 2.24) is 4.90 Å². The topological polar surface area (TPSA) is 78.9 Å². The minimum Gasteiger partial charge on any atom is -0.466 e. The van der Waals surface area contributed by atoms with Gasteiger partial charge in [0, 0.05) is 12.2 Å². The molecule has 1 heterocycles. The zero-order valence-electron chi connectivity index (χ0n) is 12.4. The van der Waals surface area contributed by atoms with E-state index in [-0.39, 0.29) is 31.0 Å². The van der Waals surface area contributed by atoms with Gasteiger partial charge < -0.3 is 20.1 Å². The number of esters is 1. The highest BCUT2D eigenvalue weighted by Crippen LogP contribution is 2.23. The number of halogens is 1. The van der Waals surface area contributed by atoms with Crippen LogP contribution in [0.1, 0.15) is 5.56 Å². The average molecular weight is 308 g/mol. The summed E-state index contributed by atoms with van der Waals surface area (Å²) in [5.74, 6) is -1.51. The van der Waals surface area contributed by atoms with E-state index in [1.54, 1.807) is 13.0 Å². The number of hydrogen-bond acceptors (Lipinski definition) is 5. The van der Waals surface area contributed by atoms with Gasteiger partial charge in [-0.25, -0.2) is 9.18 Å². The molecule has 0 atom stereocenters. The number of nitrogens with zero attached hydrogens (tertiary/aromatic N) is 1. The van der Waals surface area contributed by atoms with Gasteiger partial charge in [-0.1, -0.05) is 0 Å². The summed E-state index contributed by atoms with van der Waals surface area (Å²) >= 11 is 0. The maximum absolute atomic E-state index is 13.4. The number of β-amino-alcohol motifs (C(OH)–C–C–N with tert-alkyl or cyclic N) is 1. The minimum atomic E-state index is -0.635. The van der Waals surface area contributed by atoms with Gasteiger partial charge in [-0.05, 0) is 30.7 Å². The van der Waals surface area contributed by atoms with Crippen LogP contribution in [-0.4, -0.2) is 48.7 Å². The Hall–Kier alpha value is -2.41. The van der Waals surface area contributed by atoms with Crippen LogP contribution in [0.4, 0.5) is 10.1 Å². The average Bonchev–Trinajstić information content (AvgIpc) is 2.75. The second-order valence-electron chi connectivity index (χ2n) is 4.94. The smallest absolute Gasteiger partial charge is 0.337 e. The predicted molar refractivity (Wildman–Crippen MR) is 77.5 cm³/mol. The molecule has 7 heteroatoms. The molecule has 0 saturated heterocycles. The minimum absolute atomic E-state index is 0.0443. The number of methoxy groups -OCH3 is 1. The molecule has 0 bridgehead atoms. The molecule has 1 amide bonds. The van der Waals surface area contributed by atoms with E-state index in [1.807, 2.05) is 0 Å². The maximum atomic E-state index is 13.4. The number of hydrogen-bond donors (Lipinski definition) is 2.